The molecule has 0 saturated carbocycles. The summed E-state index contributed by atoms with van der Waals surface area (Å²) in [5.41, 5.74) is 0. The molecular weight excluding hydrogens is 158 g/mol. The van der Waals surface area contributed by atoms with Crippen LogP contribution < -0.4 is 0 Å². The molecule has 0 heterocycles. The van der Waals surface area contributed by atoms with Gasteiger partial charge >= 0.3 is 0 Å². The number of rotatable bonds is 3. The average molecular weight is 170 g/mol. The van der Waals surface area contributed by atoms with Crippen molar-refractivity contribution < 1.29 is 8.92 Å². The normalized spacial score (nSPS) is 11.6. The molecule has 0 aromatic rings. The van der Waals surface area contributed by atoms with Crippen LogP contribution in [0.25, 0.3) is 0 Å². The Morgan fingerprint density at radius 1 is 1.56 bits per heavy atom. The molecule has 1 unspecified atom stereocenters. The van der Waals surface area contributed by atoms with Gasteiger partial charge in [-0.3, -0.25) is 4.18 Å². The van der Waals surface area contributed by atoms with Crippen molar-refractivity contribution in [2.24, 2.45) is 0 Å². The van der Waals surface area contributed by atoms with Crippen molar-refractivity contribution in [3.05, 3.63) is 0 Å². The van der Waals surface area contributed by atoms with Gasteiger partial charge in [0, 0.05) is 13.4 Å². The number of halogens is 1. The Morgan fingerprint density at radius 3 is 2.11 bits per heavy atom. The van der Waals surface area contributed by atoms with Gasteiger partial charge in [-0.1, -0.05) is 0 Å². The van der Waals surface area contributed by atoms with E-state index in [1.54, 1.807) is 7.11 Å². The molecule has 0 aliphatic heterocycles. The van der Waals surface area contributed by atoms with Gasteiger partial charge in [0.1, 0.15) is 0 Å². The van der Waals surface area contributed by atoms with E-state index in [0.717, 1.165) is 0 Å². The molecule has 0 aromatic heterocycles. The second-order valence-corrected chi connectivity index (χ2v) is 1.59. The maximum atomic E-state index is 4.89. The van der Waals surface area contributed by atoms with Crippen molar-refractivity contribution in [3.63, 3.8) is 0 Å². The first-order valence-electron chi connectivity index (χ1n) is 2.41. The zero-order valence-electron chi connectivity index (χ0n) is 6.18. The summed E-state index contributed by atoms with van der Waals surface area (Å²) in [6.07, 6.45) is 1.77. The Kier molecular flexibility index (Phi) is 15.6. The number of hydrogen-bond acceptors (Lipinski definition) is 3. The van der Waals surface area contributed by atoms with Gasteiger partial charge in [-0.05, 0) is 19.0 Å². The molecule has 0 rings (SSSR count). The Balaban J connectivity index is 0. The maximum Gasteiger partial charge on any atom is 0.215 e. The van der Waals surface area contributed by atoms with Crippen LogP contribution in [0.5, 0.6) is 0 Å². The third-order valence-electron chi connectivity index (χ3n) is 0.564. The highest BCUT2D eigenvalue weighted by Crippen LogP contribution is 2.00. The lowest BCUT2D eigenvalue weighted by Gasteiger charge is -2.05. The van der Waals surface area contributed by atoms with Crippen LogP contribution in [0, 0.1) is 0 Å². The molecule has 0 fully saturated rings. The van der Waals surface area contributed by atoms with Crippen molar-refractivity contribution in [1.29, 1.82) is 0 Å². The van der Waals surface area contributed by atoms with Gasteiger partial charge in [-0.2, -0.15) is 0 Å². The third-order valence-corrected chi connectivity index (χ3v) is 1.03. The first-order valence-corrected chi connectivity index (χ1v) is 4.32. The topological polar surface area (TPSA) is 18.5 Å². The highest BCUT2D eigenvalue weighted by Gasteiger charge is 1.93. The van der Waals surface area contributed by atoms with Gasteiger partial charge in [0.15, 0.2) is 6.29 Å². The van der Waals surface area contributed by atoms with Crippen LogP contribution >= 0.6 is 23.5 Å². The fourth-order valence-electron chi connectivity index (χ4n) is 0.175. The van der Waals surface area contributed by atoms with Gasteiger partial charge in [0.2, 0.25) is 7.26 Å². The van der Waals surface area contributed by atoms with E-state index in [9.17, 15) is 0 Å². The zero-order chi connectivity index (χ0) is 7.70. The summed E-state index contributed by atoms with van der Waals surface area (Å²) < 4.78 is 9.63. The summed E-state index contributed by atoms with van der Waals surface area (Å²) >= 11 is 5.95. The SMILES string of the molecule is BCl.COC(C)OSC. The molecule has 0 bridgehead atoms. The van der Waals surface area contributed by atoms with E-state index in [1.165, 1.54) is 19.3 Å². The predicted octanol–water partition coefficient (Wildman–Crippen LogP) is 1.05. The molecule has 0 aliphatic carbocycles. The Labute approximate surface area is 66.8 Å². The van der Waals surface area contributed by atoms with Gasteiger partial charge in [-0.25, -0.2) is 11.5 Å². The number of methoxy groups -OCH3 is 1. The Bertz CT molecular complexity index is 49.5. The third kappa shape index (κ3) is 12.0. The second-order valence-electron chi connectivity index (χ2n) is 1.07. The number of hydrogen-bond donors (Lipinski definition) is 0. The molecule has 0 amide bonds. The van der Waals surface area contributed by atoms with Crippen molar-refractivity contribution in [2.45, 2.75) is 13.2 Å². The van der Waals surface area contributed by atoms with Crippen molar-refractivity contribution in [2.75, 3.05) is 13.4 Å². The van der Waals surface area contributed by atoms with Crippen LogP contribution in [0.1, 0.15) is 6.92 Å². The molecule has 0 saturated heterocycles. The van der Waals surface area contributed by atoms with Gasteiger partial charge in [0.25, 0.3) is 0 Å². The number of ether oxygens (including phenoxy) is 1. The lowest BCUT2D eigenvalue weighted by molar-refractivity contribution is -0.0243. The minimum absolute atomic E-state index is 0.0880. The summed E-state index contributed by atoms with van der Waals surface area (Å²) in [6.45, 7) is 1.84. The lowest BCUT2D eigenvalue weighted by Crippen LogP contribution is -2.03. The van der Waals surface area contributed by atoms with Crippen LogP contribution in [0.4, 0.5) is 0 Å². The molecular formula is C4H12BClO2S. The fraction of sp³-hybridized carbons (Fsp3) is 1.00. The van der Waals surface area contributed by atoms with Crippen LogP contribution in [-0.4, -0.2) is 26.9 Å². The van der Waals surface area contributed by atoms with Crippen LogP contribution in [-0.2, 0) is 8.92 Å². The molecule has 0 aromatic carbocycles. The smallest absolute Gasteiger partial charge is 0.215 e. The standard InChI is InChI=1S/C4H10O2S.BClH2/c1-4(5-2)6-7-3;1-2/h4H,1-3H3;1H2. The van der Waals surface area contributed by atoms with Gasteiger partial charge < -0.3 is 4.74 Å². The van der Waals surface area contributed by atoms with Crippen LogP contribution in [0.15, 0.2) is 0 Å². The van der Waals surface area contributed by atoms with E-state index in [4.69, 9.17) is 8.92 Å². The molecule has 0 spiro atoms. The molecule has 2 nitrogen and oxygen atoms in total. The summed E-state index contributed by atoms with van der Waals surface area (Å²) in [7, 11) is 3.08. The summed E-state index contributed by atoms with van der Waals surface area (Å²) in [4.78, 5) is 0. The van der Waals surface area contributed by atoms with Gasteiger partial charge in [-0.15, -0.1) is 0 Å². The Hall–Kier alpha value is 0.625. The van der Waals surface area contributed by atoms with E-state index in [0.29, 0.717) is 0 Å². The molecule has 1 atom stereocenters. The quantitative estimate of drug-likeness (QED) is 0.358. The first kappa shape index (κ1) is 12.3. The average Bonchev–Trinajstić information content (AvgIpc) is 1.93. The first-order chi connectivity index (χ1) is 4.31. The van der Waals surface area contributed by atoms with E-state index in [-0.39, 0.29) is 6.29 Å². The monoisotopic (exact) mass is 170 g/mol. The molecule has 5 heteroatoms. The largest absolute Gasteiger partial charge is 0.355 e. The highest BCUT2D eigenvalue weighted by molar-refractivity contribution is 7.93. The minimum atomic E-state index is -0.0880. The van der Waals surface area contributed by atoms with Crippen molar-refractivity contribution in [1.82, 2.24) is 0 Å². The van der Waals surface area contributed by atoms with Crippen LogP contribution in [0.2, 0.25) is 0 Å². The molecule has 9 heavy (non-hydrogen) atoms. The zero-order valence-corrected chi connectivity index (χ0v) is 7.75. The molecule has 0 N–H and O–H groups in total. The van der Waals surface area contributed by atoms with E-state index in [2.05, 4.69) is 11.5 Å². The minimum Gasteiger partial charge on any atom is -0.355 e. The summed E-state index contributed by atoms with van der Waals surface area (Å²) in [6, 6.07) is 0. The van der Waals surface area contributed by atoms with Crippen LogP contribution in [0.3, 0.4) is 0 Å². The lowest BCUT2D eigenvalue weighted by atomic mass is 10.8. The van der Waals surface area contributed by atoms with E-state index >= 15 is 0 Å². The maximum absolute atomic E-state index is 4.89. The summed E-state index contributed by atoms with van der Waals surface area (Å²) in [5, 5.41) is 0. The molecule has 0 radical (unpaired) electrons. The van der Waals surface area contributed by atoms with Crippen molar-refractivity contribution in [3.8, 4) is 0 Å². The summed E-state index contributed by atoms with van der Waals surface area (Å²) in [5.74, 6) is 0. The molecule has 0 aliphatic rings. The van der Waals surface area contributed by atoms with Gasteiger partial charge in [0.05, 0.1) is 0 Å². The Morgan fingerprint density at radius 2 is 2.00 bits per heavy atom. The van der Waals surface area contributed by atoms with E-state index < -0.39 is 0 Å². The second kappa shape index (κ2) is 11.4. The van der Waals surface area contributed by atoms with Crippen molar-refractivity contribution >= 4 is 30.8 Å². The fourth-order valence-corrected chi connectivity index (χ4v) is 0.524. The molecule has 56 valence electrons. The highest BCUT2D eigenvalue weighted by atomic mass is 35.5. The predicted molar refractivity (Wildman–Crippen MR) is 45.5 cm³/mol. The van der Waals surface area contributed by atoms with E-state index in [1.807, 2.05) is 13.2 Å².